The number of hydrogen-bond acceptors (Lipinski definition) is 9. The number of thioether (sulfide) groups is 1. The molecule has 0 bridgehead atoms. The van der Waals surface area contributed by atoms with Crippen LogP contribution in [0.2, 0.25) is 0 Å². The van der Waals surface area contributed by atoms with Crippen LogP contribution in [0.3, 0.4) is 0 Å². The molecule has 1 N–H and O–H groups in total. The summed E-state index contributed by atoms with van der Waals surface area (Å²) in [7, 11) is 0. The maximum Gasteiger partial charge on any atom is 0.261 e. The molecule has 0 saturated carbocycles. The van der Waals surface area contributed by atoms with Crippen LogP contribution in [0.15, 0.2) is 93.8 Å². The van der Waals surface area contributed by atoms with E-state index in [1.54, 1.807) is 29.5 Å². The quantitative estimate of drug-likeness (QED) is 0.168. The van der Waals surface area contributed by atoms with E-state index in [0.717, 1.165) is 27.6 Å². The second-order valence-corrected chi connectivity index (χ2v) is 12.5. The number of aromatic nitrogens is 3. The fraction of sp³-hybridized carbons (Fsp3) is 0.194. The molecule has 224 valence electrons. The summed E-state index contributed by atoms with van der Waals surface area (Å²) in [6.45, 7) is 2.60. The monoisotopic (exact) mass is 646 g/mol. The maximum atomic E-state index is 13.7. The van der Waals surface area contributed by atoms with Gasteiger partial charge in [-0.3, -0.25) is 14.2 Å². The zero-order valence-electron chi connectivity index (χ0n) is 23.6. The first-order valence-corrected chi connectivity index (χ1v) is 16.6. The minimum Gasteiger partial charge on any atom is -0.494 e. The van der Waals surface area contributed by atoms with E-state index in [9.17, 15) is 14.0 Å². The molecule has 6 rings (SSSR count). The zero-order valence-corrected chi connectivity index (χ0v) is 26.0. The van der Waals surface area contributed by atoms with Gasteiger partial charge in [0.2, 0.25) is 0 Å². The van der Waals surface area contributed by atoms with Crippen LogP contribution in [-0.2, 0) is 11.3 Å². The van der Waals surface area contributed by atoms with Gasteiger partial charge in [0.05, 0.1) is 40.4 Å². The highest BCUT2D eigenvalue weighted by Gasteiger charge is 2.33. The standard InChI is InChI=1S/C31H27FN6O3S3/c1-2-41-23-13-11-22(12-14-23)37-28(18-33-30(40)27-6-4-16-43-27)34-35-31(37)44-19-29(39)38-25(20-7-9-21(32)10-8-20)17-24(36-38)26-5-3-15-42-26/h3-16,25H,2,17-19H2,1H3,(H,33,40)/t25-/m0/s1. The number of hydrogen-bond donors (Lipinski definition) is 1. The van der Waals surface area contributed by atoms with Crippen molar-refractivity contribution in [3.8, 4) is 11.4 Å². The summed E-state index contributed by atoms with van der Waals surface area (Å²) in [6, 6.07) is 20.8. The summed E-state index contributed by atoms with van der Waals surface area (Å²) < 4.78 is 21.1. The number of halogens is 1. The molecule has 1 aliphatic heterocycles. The van der Waals surface area contributed by atoms with Crippen molar-refractivity contribution in [3.05, 3.63) is 111 Å². The minimum absolute atomic E-state index is 0.0373. The lowest BCUT2D eigenvalue weighted by molar-refractivity contribution is -0.130. The molecule has 3 aromatic heterocycles. The van der Waals surface area contributed by atoms with E-state index in [4.69, 9.17) is 9.84 Å². The Morgan fingerprint density at radius 2 is 1.80 bits per heavy atom. The normalized spacial score (nSPS) is 14.5. The highest BCUT2D eigenvalue weighted by molar-refractivity contribution is 7.99. The zero-order chi connectivity index (χ0) is 30.5. The summed E-state index contributed by atoms with van der Waals surface area (Å²) >= 11 is 4.15. The Hall–Kier alpha value is -4.33. The van der Waals surface area contributed by atoms with E-state index in [1.807, 2.05) is 64.7 Å². The van der Waals surface area contributed by atoms with Gasteiger partial charge < -0.3 is 10.1 Å². The van der Waals surface area contributed by atoms with Crippen molar-refractivity contribution < 1.29 is 18.7 Å². The third-order valence-corrected chi connectivity index (χ3v) is 9.51. The molecule has 2 amide bonds. The molecule has 13 heteroatoms. The number of amides is 2. The third-order valence-electron chi connectivity index (χ3n) is 6.81. The Kier molecular flexibility index (Phi) is 9.15. The van der Waals surface area contributed by atoms with Crippen molar-refractivity contribution in [3.63, 3.8) is 0 Å². The van der Waals surface area contributed by atoms with E-state index >= 15 is 0 Å². The van der Waals surface area contributed by atoms with E-state index in [0.29, 0.717) is 28.9 Å². The van der Waals surface area contributed by atoms with E-state index in [-0.39, 0.29) is 36.0 Å². The highest BCUT2D eigenvalue weighted by Crippen LogP contribution is 2.35. The van der Waals surface area contributed by atoms with Crippen LogP contribution < -0.4 is 10.1 Å². The minimum atomic E-state index is -0.354. The van der Waals surface area contributed by atoms with Crippen LogP contribution in [0.4, 0.5) is 4.39 Å². The predicted molar refractivity (Wildman–Crippen MR) is 170 cm³/mol. The number of nitrogens with zero attached hydrogens (tertiary/aromatic N) is 5. The van der Waals surface area contributed by atoms with Crippen LogP contribution in [0.25, 0.3) is 5.69 Å². The van der Waals surface area contributed by atoms with Gasteiger partial charge in [-0.1, -0.05) is 36.0 Å². The van der Waals surface area contributed by atoms with Crippen molar-refractivity contribution >= 4 is 52.0 Å². The van der Waals surface area contributed by atoms with Crippen LogP contribution in [-0.4, -0.2) is 49.7 Å². The predicted octanol–water partition coefficient (Wildman–Crippen LogP) is 6.33. The Balaban J connectivity index is 1.24. The van der Waals surface area contributed by atoms with Crippen molar-refractivity contribution in [1.82, 2.24) is 25.1 Å². The van der Waals surface area contributed by atoms with E-state index < -0.39 is 0 Å². The average Bonchev–Trinajstić information content (AvgIpc) is 3.86. The van der Waals surface area contributed by atoms with Crippen LogP contribution in [0, 0.1) is 5.82 Å². The lowest BCUT2D eigenvalue weighted by atomic mass is 10.0. The van der Waals surface area contributed by atoms with E-state index in [1.165, 1.54) is 40.2 Å². The maximum absolute atomic E-state index is 13.7. The molecule has 0 aliphatic carbocycles. The Bertz CT molecular complexity index is 1750. The highest BCUT2D eigenvalue weighted by atomic mass is 32.2. The Labute approximate surface area is 265 Å². The summed E-state index contributed by atoms with van der Waals surface area (Å²) in [5, 5.41) is 22.2. The van der Waals surface area contributed by atoms with Crippen molar-refractivity contribution in [2.45, 2.75) is 31.1 Å². The van der Waals surface area contributed by atoms with Gasteiger partial charge in [0, 0.05) is 12.1 Å². The second-order valence-electron chi connectivity index (χ2n) is 9.64. The number of rotatable bonds is 11. The molecule has 9 nitrogen and oxygen atoms in total. The SMILES string of the molecule is CCOc1ccc(-n2c(CNC(=O)c3cccs3)nnc2SCC(=O)N2N=C(c3cccs3)C[C@H]2c2ccc(F)cc2)cc1. The topological polar surface area (TPSA) is 102 Å². The first-order chi connectivity index (χ1) is 21.5. The van der Waals surface area contributed by atoms with Crippen LogP contribution in [0.5, 0.6) is 5.75 Å². The fourth-order valence-corrected chi connectivity index (χ4v) is 6.93. The summed E-state index contributed by atoms with van der Waals surface area (Å²) in [5.41, 5.74) is 2.38. The molecule has 2 aromatic carbocycles. The first kappa shape index (κ1) is 29.7. The molecule has 0 unspecified atom stereocenters. The Morgan fingerprint density at radius 1 is 1.02 bits per heavy atom. The van der Waals surface area contributed by atoms with Crippen LogP contribution >= 0.6 is 34.4 Å². The van der Waals surface area contributed by atoms with E-state index in [2.05, 4.69) is 15.5 Å². The van der Waals surface area contributed by atoms with Crippen molar-refractivity contribution in [1.29, 1.82) is 0 Å². The van der Waals surface area contributed by atoms with Crippen molar-refractivity contribution in [2.75, 3.05) is 12.4 Å². The number of carbonyl (C=O) groups excluding carboxylic acids is 2. The smallest absolute Gasteiger partial charge is 0.261 e. The molecule has 44 heavy (non-hydrogen) atoms. The van der Waals surface area contributed by atoms with Gasteiger partial charge in [-0.25, -0.2) is 9.40 Å². The average molecular weight is 647 g/mol. The molecular formula is C31H27FN6O3S3. The molecular weight excluding hydrogens is 620 g/mol. The summed E-state index contributed by atoms with van der Waals surface area (Å²) in [4.78, 5) is 27.9. The number of benzene rings is 2. The fourth-order valence-electron chi connectivity index (χ4n) is 4.75. The molecule has 5 aromatic rings. The molecule has 1 atom stereocenters. The number of thiophene rings is 2. The second kappa shape index (κ2) is 13.5. The lowest BCUT2D eigenvalue weighted by Crippen LogP contribution is -2.28. The molecule has 0 fully saturated rings. The van der Waals surface area contributed by atoms with Gasteiger partial charge in [-0.15, -0.1) is 32.9 Å². The molecule has 0 spiro atoms. The summed E-state index contributed by atoms with van der Waals surface area (Å²) in [5.74, 6) is 0.514. The molecule has 4 heterocycles. The van der Waals surface area contributed by atoms with Gasteiger partial charge in [0.15, 0.2) is 11.0 Å². The summed E-state index contributed by atoms with van der Waals surface area (Å²) in [6.07, 6.45) is 0.527. The largest absolute Gasteiger partial charge is 0.494 e. The van der Waals surface area contributed by atoms with Gasteiger partial charge in [0.25, 0.3) is 11.8 Å². The number of nitrogens with one attached hydrogen (secondary N) is 1. The number of ether oxygens (including phenoxy) is 1. The lowest BCUT2D eigenvalue weighted by Gasteiger charge is -2.22. The third kappa shape index (κ3) is 6.59. The molecule has 1 aliphatic rings. The van der Waals surface area contributed by atoms with Gasteiger partial charge in [-0.05, 0) is 71.8 Å². The molecule has 0 radical (unpaired) electrons. The molecule has 0 saturated heterocycles. The van der Waals surface area contributed by atoms with Gasteiger partial charge >= 0.3 is 0 Å². The Morgan fingerprint density at radius 3 is 2.50 bits per heavy atom. The number of hydrazone groups is 1. The first-order valence-electron chi connectivity index (χ1n) is 13.8. The number of carbonyl (C=O) groups is 2. The van der Waals surface area contributed by atoms with Gasteiger partial charge in [-0.2, -0.15) is 5.10 Å². The van der Waals surface area contributed by atoms with Crippen molar-refractivity contribution in [2.24, 2.45) is 5.10 Å². The van der Waals surface area contributed by atoms with Gasteiger partial charge in [0.1, 0.15) is 11.6 Å². The van der Waals surface area contributed by atoms with Crippen LogP contribution in [0.1, 0.15) is 45.3 Å².